The molecule has 0 saturated carbocycles. The van der Waals surface area contributed by atoms with Crippen LogP contribution in [0.4, 0.5) is 0 Å². The van der Waals surface area contributed by atoms with Crippen molar-refractivity contribution < 1.29 is 14.3 Å². The molecule has 0 fully saturated rings. The van der Waals surface area contributed by atoms with Crippen LogP contribution in [0.5, 0.6) is 5.75 Å². The highest BCUT2D eigenvalue weighted by molar-refractivity contribution is 5.94. The van der Waals surface area contributed by atoms with Crippen molar-refractivity contribution in [2.45, 2.75) is 6.92 Å². The van der Waals surface area contributed by atoms with E-state index in [9.17, 15) is 9.59 Å². The Balaban J connectivity index is 1.98. The number of hydrogen-bond acceptors (Lipinski definition) is 3. The van der Waals surface area contributed by atoms with Crippen molar-refractivity contribution in [3.8, 4) is 16.9 Å². The molecular weight excluding hydrogens is 292 g/mol. The van der Waals surface area contributed by atoms with Gasteiger partial charge in [0, 0.05) is 25.6 Å². The molecular formula is C18H20N2O3. The molecule has 0 bridgehead atoms. The van der Waals surface area contributed by atoms with Gasteiger partial charge in [0.15, 0.2) is 0 Å². The minimum absolute atomic E-state index is 0.109. The number of carbonyl (C=O) groups is 2. The highest BCUT2D eigenvalue weighted by Gasteiger charge is 2.06. The lowest BCUT2D eigenvalue weighted by Crippen LogP contribution is -2.33. The fraction of sp³-hybridized carbons (Fsp3) is 0.222. The van der Waals surface area contributed by atoms with Crippen LogP contribution in [-0.2, 0) is 4.79 Å². The van der Waals surface area contributed by atoms with Crippen LogP contribution in [-0.4, -0.2) is 32.0 Å². The van der Waals surface area contributed by atoms with Crippen molar-refractivity contribution in [1.29, 1.82) is 0 Å². The second-order valence-corrected chi connectivity index (χ2v) is 5.05. The average Bonchev–Trinajstić information content (AvgIpc) is 2.58. The zero-order valence-corrected chi connectivity index (χ0v) is 13.3. The van der Waals surface area contributed by atoms with Crippen LogP contribution in [0.3, 0.4) is 0 Å². The second-order valence-electron chi connectivity index (χ2n) is 5.05. The van der Waals surface area contributed by atoms with Gasteiger partial charge in [0.1, 0.15) is 5.75 Å². The summed E-state index contributed by atoms with van der Waals surface area (Å²) in [6.07, 6.45) is 0. The molecule has 2 N–H and O–H groups in total. The minimum Gasteiger partial charge on any atom is -0.497 e. The molecule has 0 saturated heterocycles. The SMILES string of the molecule is COc1cccc(-c2ccc(C(=O)NCCNC(C)=O)cc2)c1. The first-order valence-electron chi connectivity index (χ1n) is 7.37. The number of hydrogen-bond donors (Lipinski definition) is 2. The summed E-state index contributed by atoms with van der Waals surface area (Å²) in [4.78, 5) is 22.7. The van der Waals surface area contributed by atoms with Gasteiger partial charge in [-0.1, -0.05) is 24.3 Å². The van der Waals surface area contributed by atoms with Crippen molar-refractivity contribution in [3.05, 3.63) is 54.1 Å². The molecule has 2 aromatic carbocycles. The molecule has 5 nitrogen and oxygen atoms in total. The summed E-state index contributed by atoms with van der Waals surface area (Å²) >= 11 is 0. The van der Waals surface area contributed by atoms with E-state index in [4.69, 9.17) is 4.74 Å². The van der Waals surface area contributed by atoms with Crippen molar-refractivity contribution >= 4 is 11.8 Å². The summed E-state index contributed by atoms with van der Waals surface area (Å²) in [7, 11) is 1.63. The fourth-order valence-corrected chi connectivity index (χ4v) is 2.13. The number of carbonyl (C=O) groups excluding carboxylic acids is 2. The lowest BCUT2D eigenvalue weighted by molar-refractivity contribution is -0.118. The average molecular weight is 312 g/mol. The Kier molecular flexibility index (Phi) is 5.74. The van der Waals surface area contributed by atoms with Gasteiger partial charge in [0.2, 0.25) is 5.91 Å². The normalized spacial score (nSPS) is 10.0. The van der Waals surface area contributed by atoms with Crippen molar-refractivity contribution in [2.24, 2.45) is 0 Å². The highest BCUT2D eigenvalue weighted by atomic mass is 16.5. The molecule has 0 heterocycles. The molecule has 0 radical (unpaired) electrons. The Morgan fingerprint density at radius 2 is 1.65 bits per heavy atom. The predicted octanol–water partition coefficient (Wildman–Crippen LogP) is 2.23. The van der Waals surface area contributed by atoms with Crippen molar-refractivity contribution in [2.75, 3.05) is 20.2 Å². The van der Waals surface area contributed by atoms with E-state index in [1.807, 2.05) is 36.4 Å². The van der Waals surface area contributed by atoms with Gasteiger partial charge >= 0.3 is 0 Å². The third kappa shape index (κ3) is 4.85. The highest BCUT2D eigenvalue weighted by Crippen LogP contribution is 2.23. The molecule has 0 aliphatic carbocycles. The van der Waals surface area contributed by atoms with Gasteiger partial charge in [-0.2, -0.15) is 0 Å². The van der Waals surface area contributed by atoms with E-state index in [1.54, 1.807) is 19.2 Å². The Labute approximate surface area is 135 Å². The molecule has 0 unspecified atom stereocenters. The van der Waals surface area contributed by atoms with Gasteiger partial charge in [-0.3, -0.25) is 9.59 Å². The Bertz CT molecular complexity index is 681. The van der Waals surface area contributed by atoms with Crippen molar-refractivity contribution in [3.63, 3.8) is 0 Å². The van der Waals surface area contributed by atoms with Gasteiger partial charge in [0.05, 0.1) is 7.11 Å². The maximum Gasteiger partial charge on any atom is 0.251 e. The number of amides is 2. The summed E-state index contributed by atoms with van der Waals surface area (Å²) in [6.45, 7) is 2.26. The molecule has 5 heteroatoms. The summed E-state index contributed by atoms with van der Waals surface area (Å²) in [5.74, 6) is 0.525. The molecule has 0 aliphatic heterocycles. The van der Waals surface area contributed by atoms with Gasteiger partial charge in [0.25, 0.3) is 5.91 Å². The van der Waals surface area contributed by atoms with Crippen LogP contribution in [0.2, 0.25) is 0 Å². The van der Waals surface area contributed by atoms with E-state index in [0.717, 1.165) is 16.9 Å². The standard InChI is InChI=1S/C18H20N2O3/c1-13(21)19-10-11-20-18(22)15-8-6-14(7-9-15)16-4-3-5-17(12-16)23-2/h3-9,12H,10-11H2,1-2H3,(H,19,21)(H,20,22). The third-order valence-corrected chi connectivity index (χ3v) is 3.33. The van der Waals surface area contributed by atoms with Crippen LogP contribution in [0.15, 0.2) is 48.5 Å². The van der Waals surface area contributed by atoms with Gasteiger partial charge in [-0.25, -0.2) is 0 Å². The van der Waals surface area contributed by atoms with Crippen LogP contribution in [0, 0.1) is 0 Å². The van der Waals surface area contributed by atoms with Crippen LogP contribution >= 0.6 is 0 Å². The number of methoxy groups -OCH3 is 1. The number of ether oxygens (including phenoxy) is 1. The summed E-state index contributed by atoms with van der Waals surface area (Å²) < 4.78 is 5.22. The van der Waals surface area contributed by atoms with E-state index < -0.39 is 0 Å². The van der Waals surface area contributed by atoms with Crippen LogP contribution in [0.1, 0.15) is 17.3 Å². The molecule has 0 aliphatic rings. The Morgan fingerprint density at radius 1 is 0.957 bits per heavy atom. The van der Waals surface area contributed by atoms with E-state index in [1.165, 1.54) is 6.92 Å². The summed E-state index contributed by atoms with van der Waals surface area (Å²) in [5, 5.41) is 5.39. The minimum atomic E-state index is -0.160. The topological polar surface area (TPSA) is 67.4 Å². The lowest BCUT2D eigenvalue weighted by Gasteiger charge is -2.08. The second kappa shape index (κ2) is 7.98. The molecule has 120 valence electrons. The number of rotatable bonds is 6. The first-order chi connectivity index (χ1) is 11.1. The smallest absolute Gasteiger partial charge is 0.251 e. The third-order valence-electron chi connectivity index (χ3n) is 3.33. The largest absolute Gasteiger partial charge is 0.497 e. The Morgan fingerprint density at radius 3 is 2.30 bits per heavy atom. The quantitative estimate of drug-likeness (QED) is 0.804. The zero-order chi connectivity index (χ0) is 16.7. The first-order valence-corrected chi connectivity index (χ1v) is 7.37. The van der Waals surface area contributed by atoms with Crippen LogP contribution < -0.4 is 15.4 Å². The summed E-state index contributed by atoms with van der Waals surface area (Å²) in [5.41, 5.74) is 2.63. The molecule has 0 spiro atoms. The zero-order valence-electron chi connectivity index (χ0n) is 13.3. The molecule has 2 amide bonds. The monoisotopic (exact) mass is 312 g/mol. The van der Waals surface area contributed by atoms with E-state index in [0.29, 0.717) is 18.7 Å². The van der Waals surface area contributed by atoms with E-state index >= 15 is 0 Å². The van der Waals surface area contributed by atoms with Crippen LogP contribution in [0.25, 0.3) is 11.1 Å². The van der Waals surface area contributed by atoms with E-state index in [-0.39, 0.29) is 11.8 Å². The molecule has 2 rings (SSSR count). The molecule has 2 aromatic rings. The number of benzene rings is 2. The molecule has 0 aromatic heterocycles. The first kappa shape index (κ1) is 16.5. The maximum atomic E-state index is 12.0. The van der Waals surface area contributed by atoms with Crippen molar-refractivity contribution in [1.82, 2.24) is 10.6 Å². The Hall–Kier alpha value is -2.82. The van der Waals surface area contributed by atoms with Gasteiger partial charge < -0.3 is 15.4 Å². The maximum absolute atomic E-state index is 12.0. The number of nitrogens with one attached hydrogen (secondary N) is 2. The predicted molar refractivity (Wildman–Crippen MR) is 89.4 cm³/mol. The van der Waals surface area contributed by atoms with E-state index in [2.05, 4.69) is 10.6 Å². The lowest BCUT2D eigenvalue weighted by atomic mass is 10.0. The molecule has 23 heavy (non-hydrogen) atoms. The van der Waals surface area contributed by atoms with Gasteiger partial charge in [-0.15, -0.1) is 0 Å². The molecule has 0 atom stereocenters. The summed E-state index contributed by atoms with van der Waals surface area (Å²) in [6, 6.07) is 15.1. The fourth-order valence-electron chi connectivity index (χ4n) is 2.13. The van der Waals surface area contributed by atoms with Gasteiger partial charge in [-0.05, 0) is 35.4 Å².